The second-order valence-corrected chi connectivity index (χ2v) is 6.60. The molecule has 35 heavy (non-hydrogen) atoms. The van der Waals surface area contributed by atoms with Crippen molar-refractivity contribution in [2.75, 3.05) is 19.7 Å². The van der Waals surface area contributed by atoms with Gasteiger partial charge in [-0.1, -0.05) is 0 Å². The Bertz CT molecular complexity index is 1070. The van der Waals surface area contributed by atoms with E-state index < -0.39 is 58.6 Å². The number of nitro groups is 1. The van der Waals surface area contributed by atoms with Gasteiger partial charge in [0.1, 0.15) is 11.6 Å². The van der Waals surface area contributed by atoms with Gasteiger partial charge in [-0.3, -0.25) is 19.7 Å². The Hall–Kier alpha value is -4.67. The molecular formula is C21H23N3O11. The molecule has 0 aliphatic heterocycles. The first-order chi connectivity index (χ1) is 16.5. The Kier molecular flexibility index (Phi) is 10.6. The summed E-state index contributed by atoms with van der Waals surface area (Å²) in [6.07, 6.45) is -3.52. The zero-order valence-corrected chi connectivity index (χ0v) is 19.0. The highest BCUT2D eigenvalue weighted by Gasteiger charge is 2.30. The van der Waals surface area contributed by atoms with Crippen molar-refractivity contribution in [3.05, 3.63) is 33.4 Å². The third-order valence-corrected chi connectivity index (χ3v) is 4.33. The zero-order chi connectivity index (χ0) is 26.7. The molecule has 1 aromatic rings. The lowest BCUT2D eigenvalue weighted by molar-refractivity contribution is -0.385. The molecule has 0 fully saturated rings. The van der Waals surface area contributed by atoms with Gasteiger partial charge in [0, 0.05) is 19.2 Å². The van der Waals surface area contributed by atoms with E-state index in [1.807, 2.05) is 0 Å². The Morgan fingerprint density at radius 2 is 1.86 bits per heavy atom. The predicted molar refractivity (Wildman–Crippen MR) is 116 cm³/mol. The number of phenols is 1. The van der Waals surface area contributed by atoms with Crippen LogP contribution in [-0.4, -0.2) is 69.8 Å². The van der Waals surface area contributed by atoms with Crippen molar-refractivity contribution in [2.24, 2.45) is 0 Å². The monoisotopic (exact) mass is 493 g/mol. The van der Waals surface area contributed by atoms with E-state index in [1.165, 1.54) is 11.8 Å². The minimum absolute atomic E-state index is 0.137. The number of aromatic hydroxyl groups is 1. The number of nitrogens with zero attached hydrogens (tertiary/aromatic N) is 3. The first-order valence-corrected chi connectivity index (χ1v) is 10.2. The lowest BCUT2D eigenvalue weighted by Crippen LogP contribution is -2.32. The molecule has 0 aliphatic rings. The van der Waals surface area contributed by atoms with Crippen molar-refractivity contribution in [1.82, 2.24) is 4.90 Å². The number of phenolic OH excluding ortho intramolecular Hbond substituents is 1. The highest BCUT2D eigenvalue weighted by molar-refractivity contribution is 6.01. The summed E-state index contributed by atoms with van der Waals surface area (Å²) in [5.41, 5.74) is -1.46. The second kappa shape index (κ2) is 13.1. The van der Waals surface area contributed by atoms with E-state index in [9.17, 15) is 39.7 Å². The highest BCUT2D eigenvalue weighted by atomic mass is 16.7. The Labute approximate surface area is 199 Å². The molecule has 1 atom stereocenters. The van der Waals surface area contributed by atoms with Gasteiger partial charge >= 0.3 is 23.8 Å². The number of rotatable bonds is 11. The summed E-state index contributed by atoms with van der Waals surface area (Å²) in [7, 11) is 0. The number of aliphatic carboxylic acids is 1. The fourth-order valence-corrected chi connectivity index (χ4v) is 2.70. The number of nitriles is 1. The highest BCUT2D eigenvalue weighted by Crippen LogP contribution is 2.38. The van der Waals surface area contributed by atoms with Crippen molar-refractivity contribution >= 4 is 35.8 Å². The number of likely N-dealkylation sites (N-methyl/N-ethyl adjacent to an activating group) is 1. The van der Waals surface area contributed by atoms with Crippen LogP contribution < -0.4 is 4.74 Å². The third-order valence-electron chi connectivity index (χ3n) is 4.33. The van der Waals surface area contributed by atoms with Gasteiger partial charge in [-0.05, 0) is 38.5 Å². The number of nitro benzene ring substituents is 1. The molecule has 0 aromatic heterocycles. The maximum absolute atomic E-state index is 12.5. The van der Waals surface area contributed by atoms with Gasteiger partial charge in [0.15, 0.2) is 5.75 Å². The number of amides is 1. The van der Waals surface area contributed by atoms with E-state index in [0.29, 0.717) is 13.1 Å². The van der Waals surface area contributed by atoms with Gasteiger partial charge in [-0.15, -0.1) is 0 Å². The fraction of sp³-hybridized carbons (Fsp3) is 0.381. The van der Waals surface area contributed by atoms with Crippen LogP contribution in [0, 0.1) is 21.4 Å². The van der Waals surface area contributed by atoms with Crippen LogP contribution in [0.15, 0.2) is 17.7 Å². The Morgan fingerprint density at radius 1 is 1.23 bits per heavy atom. The molecule has 0 spiro atoms. The average molecular weight is 493 g/mol. The van der Waals surface area contributed by atoms with Crippen molar-refractivity contribution in [2.45, 2.75) is 33.3 Å². The number of hydrogen-bond donors (Lipinski definition) is 2. The normalized spacial score (nSPS) is 11.5. The molecule has 0 aliphatic carbocycles. The Balaban J connectivity index is 3.37. The van der Waals surface area contributed by atoms with E-state index in [-0.39, 0.29) is 17.7 Å². The van der Waals surface area contributed by atoms with Gasteiger partial charge in [0.2, 0.25) is 11.9 Å². The third kappa shape index (κ3) is 8.00. The van der Waals surface area contributed by atoms with E-state index >= 15 is 0 Å². The number of carbonyl (C=O) groups is 4. The van der Waals surface area contributed by atoms with E-state index in [2.05, 4.69) is 9.47 Å². The average Bonchev–Trinajstić information content (AvgIpc) is 2.79. The number of benzene rings is 1. The number of carboxylic acids is 1. The van der Waals surface area contributed by atoms with E-state index in [0.717, 1.165) is 18.2 Å². The number of hydrogen-bond acceptors (Lipinski definition) is 11. The standard InChI is InChI=1S/C21H23N3O11/c1-4-23(5-2)19(28)13(11-22)7-12-8-14(24(31)32)18(27)15(9-12)34-21(30)35-16(10-17(25)26)20(29)33-6-3/h7-9,16,27H,4-6,10H2,1-3H3,(H,25,26). The lowest BCUT2D eigenvalue weighted by Gasteiger charge is -2.17. The largest absolute Gasteiger partial charge is 0.514 e. The number of ether oxygens (including phenoxy) is 3. The SMILES string of the molecule is CCOC(=O)C(CC(=O)O)OC(=O)Oc1cc(C=C(C#N)C(=O)N(CC)CC)cc([N+](=O)[O-])c1O. The van der Waals surface area contributed by atoms with Crippen molar-refractivity contribution in [3.8, 4) is 17.6 Å². The minimum atomic E-state index is -1.89. The molecule has 0 heterocycles. The summed E-state index contributed by atoms with van der Waals surface area (Å²) in [5, 5.41) is 39.8. The predicted octanol–water partition coefficient (Wildman–Crippen LogP) is 2.00. The zero-order valence-electron chi connectivity index (χ0n) is 19.0. The second-order valence-electron chi connectivity index (χ2n) is 6.60. The summed E-state index contributed by atoms with van der Waals surface area (Å²) in [6.45, 7) is 5.26. The maximum atomic E-state index is 12.5. The molecule has 0 radical (unpaired) electrons. The summed E-state index contributed by atoms with van der Waals surface area (Å²) in [5.74, 6) is -5.22. The van der Waals surface area contributed by atoms with Crippen LogP contribution >= 0.6 is 0 Å². The fourth-order valence-electron chi connectivity index (χ4n) is 2.70. The summed E-state index contributed by atoms with van der Waals surface area (Å²) in [4.78, 5) is 59.1. The molecule has 2 N–H and O–H groups in total. The number of carbonyl (C=O) groups excluding carboxylic acids is 3. The number of esters is 1. The first kappa shape index (κ1) is 28.4. The van der Waals surface area contributed by atoms with Crippen LogP contribution in [0.2, 0.25) is 0 Å². The van der Waals surface area contributed by atoms with Crippen molar-refractivity contribution < 1.29 is 48.5 Å². The lowest BCUT2D eigenvalue weighted by atomic mass is 10.1. The quantitative estimate of drug-likeness (QED) is 0.113. The van der Waals surface area contributed by atoms with Crippen LogP contribution in [0.4, 0.5) is 10.5 Å². The molecule has 0 bridgehead atoms. The van der Waals surface area contributed by atoms with Crippen molar-refractivity contribution in [3.63, 3.8) is 0 Å². The van der Waals surface area contributed by atoms with Gasteiger partial charge in [-0.2, -0.15) is 5.26 Å². The minimum Gasteiger partial charge on any atom is -0.499 e. The van der Waals surface area contributed by atoms with E-state index in [1.54, 1.807) is 19.9 Å². The molecule has 1 rings (SSSR count). The Morgan fingerprint density at radius 3 is 2.34 bits per heavy atom. The molecule has 0 saturated heterocycles. The molecule has 14 nitrogen and oxygen atoms in total. The van der Waals surface area contributed by atoms with Gasteiger partial charge < -0.3 is 29.3 Å². The number of carboxylic acid groups (broad SMARTS) is 1. The summed E-state index contributed by atoms with van der Waals surface area (Å²) < 4.78 is 14.0. The topological polar surface area (TPSA) is 207 Å². The maximum Gasteiger partial charge on any atom is 0.514 e. The van der Waals surface area contributed by atoms with E-state index in [4.69, 9.17) is 9.84 Å². The smallest absolute Gasteiger partial charge is 0.499 e. The van der Waals surface area contributed by atoms with Gasteiger partial charge in [0.05, 0.1) is 18.0 Å². The molecule has 1 amide bonds. The summed E-state index contributed by atoms with van der Waals surface area (Å²) in [6, 6.07) is 3.44. The summed E-state index contributed by atoms with van der Waals surface area (Å²) >= 11 is 0. The van der Waals surface area contributed by atoms with Gasteiger partial charge in [0.25, 0.3) is 5.91 Å². The first-order valence-electron chi connectivity index (χ1n) is 10.2. The molecule has 14 heteroatoms. The van der Waals surface area contributed by atoms with Crippen LogP contribution in [0.25, 0.3) is 6.08 Å². The van der Waals surface area contributed by atoms with Gasteiger partial charge in [-0.25, -0.2) is 9.59 Å². The molecule has 1 unspecified atom stereocenters. The molecule has 1 aromatic carbocycles. The van der Waals surface area contributed by atoms with Crippen LogP contribution in [0.1, 0.15) is 32.8 Å². The molecule has 0 saturated carbocycles. The molecular weight excluding hydrogens is 470 g/mol. The van der Waals surface area contributed by atoms with Crippen LogP contribution in [0.5, 0.6) is 11.5 Å². The van der Waals surface area contributed by atoms with Crippen LogP contribution in [-0.2, 0) is 23.9 Å². The van der Waals surface area contributed by atoms with Crippen LogP contribution in [0.3, 0.4) is 0 Å². The molecule has 188 valence electrons. The van der Waals surface area contributed by atoms with Crippen molar-refractivity contribution in [1.29, 1.82) is 5.26 Å².